The van der Waals surface area contributed by atoms with Gasteiger partial charge >= 0.3 is 61.3 Å². The molecule has 0 spiro atoms. The molecule has 0 fully saturated rings. The van der Waals surface area contributed by atoms with Gasteiger partial charge in [0.05, 0.1) is 0 Å². The molecule has 25 heteroatoms. The first-order valence-corrected chi connectivity index (χ1v) is 4.38. The van der Waals surface area contributed by atoms with Gasteiger partial charge in [-0.1, -0.05) is 0 Å². The van der Waals surface area contributed by atoms with E-state index in [1.165, 1.54) is 0 Å². The van der Waals surface area contributed by atoms with Crippen molar-refractivity contribution >= 4 is 15.6 Å². The molecule has 0 aromatic heterocycles. The fourth-order valence-electron chi connectivity index (χ4n) is 0. The molecule has 36 N–H and O–H groups in total. The average molecular weight is 714 g/mol. The van der Waals surface area contributed by atoms with Crippen LogP contribution in [-0.4, -0.2) is 0 Å². The molecule has 0 saturated heterocycles. The maximum Gasteiger partial charge on any atom is 2.00 e. The minimum atomic E-state index is -5.39. The normalized spacial score (nSPS) is 4.72. The average Bonchev–Trinajstić information content (AvgIpc) is 1.12. The summed E-state index contributed by atoms with van der Waals surface area (Å²) >= 11 is 0. The van der Waals surface area contributed by atoms with Crippen LogP contribution in [0.4, 0.5) is 0 Å². The maximum absolute atomic E-state index is 8.55. The van der Waals surface area contributed by atoms with Crippen LogP contribution in [0.2, 0.25) is 0 Å². The molecule has 0 unspecified atom stereocenters. The molecular weight excluding hydrogens is 677 g/mol. The fraction of sp³-hybridized carbons (Fsp3) is 0. The van der Waals surface area contributed by atoms with Crippen molar-refractivity contribution in [3.8, 4) is 0 Å². The van der Waals surface area contributed by atoms with Gasteiger partial charge in [-0.3, -0.25) is 0 Å². The summed E-state index contributed by atoms with van der Waals surface area (Å²) in [6.45, 7) is 0. The summed E-state index contributed by atoms with van der Waals surface area (Å²) in [6.07, 6.45) is 0. The standard InChI is InChI=1S/12H3N.2H3O4P.3Pd/c;;;;;;;;;;;;2*1-5(2,3)4;;;/h12*1H3;2*(H3,1,2,3,4);;;/q;;;;;;;;;;;;;;3*+2/p-6. The van der Waals surface area contributed by atoms with Crippen LogP contribution in [0.1, 0.15) is 0 Å². The van der Waals surface area contributed by atoms with Crippen molar-refractivity contribution in [2.75, 3.05) is 0 Å². The molecule has 0 bridgehead atoms. The fourth-order valence-corrected chi connectivity index (χ4v) is 0. The van der Waals surface area contributed by atoms with Crippen LogP contribution in [0.5, 0.6) is 0 Å². The van der Waals surface area contributed by atoms with Crippen LogP contribution in [0.15, 0.2) is 0 Å². The zero-order chi connectivity index (χ0) is 9.00. The van der Waals surface area contributed by atoms with Crippen molar-refractivity contribution in [1.82, 2.24) is 73.8 Å². The van der Waals surface area contributed by atoms with Gasteiger partial charge in [-0.25, -0.2) is 0 Å². The number of phosphoric acid groups is 2. The molecule has 25 heavy (non-hydrogen) atoms. The Morgan fingerprint density at radius 1 is 0.320 bits per heavy atom. The Morgan fingerprint density at radius 3 is 0.320 bits per heavy atom. The van der Waals surface area contributed by atoms with Crippen molar-refractivity contribution in [3.63, 3.8) is 0 Å². The molecule has 0 aliphatic rings. The van der Waals surface area contributed by atoms with Crippen molar-refractivity contribution in [3.05, 3.63) is 0 Å². The zero-order valence-corrected chi connectivity index (χ0v) is 20.0. The minimum absolute atomic E-state index is 0. The van der Waals surface area contributed by atoms with Crippen LogP contribution in [0, 0.1) is 0 Å². The zero-order valence-electron chi connectivity index (χ0n) is 13.6. The number of hydrogen-bond acceptors (Lipinski definition) is 20. The first-order chi connectivity index (χ1) is 4.00. The van der Waals surface area contributed by atoms with Gasteiger partial charge in [0.15, 0.2) is 0 Å². The van der Waals surface area contributed by atoms with E-state index >= 15 is 0 Å². The number of hydrogen-bond donors (Lipinski definition) is 12. The van der Waals surface area contributed by atoms with Crippen LogP contribution >= 0.6 is 15.6 Å². The molecule has 0 saturated carbocycles. The SMILES string of the molecule is N.N.N.N.N.N.N.N.N.N.N.N.O=P([O-])([O-])[O-].O=P([O-])([O-])[O-].[Pd+2].[Pd+2].[Pd+2]. The number of rotatable bonds is 0. The summed E-state index contributed by atoms with van der Waals surface area (Å²) in [5.74, 6) is 0. The predicted octanol–water partition coefficient (Wildman–Crippen LogP) is -3.71. The summed E-state index contributed by atoms with van der Waals surface area (Å²) in [4.78, 5) is 51.3. The minimum Gasteiger partial charge on any atom is -0.822 e. The smallest absolute Gasteiger partial charge is 0.822 e. The largest absolute Gasteiger partial charge is 2.00 e. The topological polar surface area (TPSA) is 592 Å². The van der Waals surface area contributed by atoms with E-state index in [9.17, 15) is 0 Å². The molecule has 0 amide bonds. The summed E-state index contributed by atoms with van der Waals surface area (Å²) in [6, 6.07) is 0. The summed E-state index contributed by atoms with van der Waals surface area (Å²) in [5.41, 5.74) is 0. The summed E-state index contributed by atoms with van der Waals surface area (Å²) in [7, 11) is -10.8. The van der Waals surface area contributed by atoms with Crippen molar-refractivity contribution < 1.29 is 99.8 Å². The third-order valence-corrected chi connectivity index (χ3v) is 0. The third kappa shape index (κ3) is 4860. The Labute approximate surface area is 188 Å². The monoisotopic (exact) mass is 712 g/mol. The van der Waals surface area contributed by atoms with Gasteiger partial charge in [0.2, 0.25) is 0 Å². The van der Waals surface area contributed by atoms with Gasteiger partial charge in [-0.15, -0.1) is 0 Å². The maximum atomic E-state index is 8.55. The second-order valence-electron chi connectivity index (χ2n) is 0.894. The first-order valence-electron chi connectivity index (χ1n) is 1.46. The van der Waals surface area contributed by atoms with E-state index in [4.69, 9.17) is 38.5 Å². The van der Waals surface area contributed by atoms with E-state index in [2.05, 4.69) is 0 Å². The van der Waals surface area contributed by atoms with E-state index in [0.717, 1.165) is 0 Å². The van der Waals surface area contributed by atoms with Crippen molar-refractivity contribution in [2.24, 2.45) is 0 Å². The molecule has 0 aliphatic heterocycles. The first kappa shape index (κ1) is 187. The Hall–Kier alpha value is 1.73. The van der Waals surface area contributed by atoms with Gasteiger partial charge in [0.1, 0.15) is 0 Å². The molecule has 0 rings (SSSR count). The van der Waals surface area contributed by atoms with E-state index in [-0.39, 0.29) is 135 Å². The van der Waals surface area contributed by atoms with E-state index in [1.54, 1.807) is 0 Å². The second kappa shape index (κ2) is 83.5. The molecule has 0 aromatic carbocycles. The molecule has 0 aromatic rings. The quantitative estimate of drug-likeness (QED) is 0.0848. The Bertz CT molecular complexity index is 155. The Kier molecular flexibility index (Phi) is 624. The summed E-state index contributed by atoms with van der Waals surface area (Å²) < 4.78 is 17.1. The summed E-state index contributed by atoms with van der Waals surface area (Å²) in [5, 5.41) is 0. The van der Waals surface area contributed by atoms with Crippen LogP contribution in [0.3, 0.4) is 0 Å². The second-order valence-corrected chi connectivity index (χ2v) is 2.68. The Morgan fingerprint density at radius 2 is 0.320 bits per heavy atom. The Balaban J connectivity index is -0.00000000213. The molecule has 0 aliphatic carbocycles. The van der Waals surface area contributed by atoms with Gasteiger partial charge in [-0.2, -0.15) is 15.6 Å². The molecule has 0 atom stereocenters. The molecular formula is H36N12O8P2Pd3. The van der Waals surface area contributed by atoms with Crippen LogP contribution in [-0.2, 0) is 70.4 Å². The van der Waals surface area contributed by atoms with Crippen LogP contribution < -0.4 is 103 Å². The van der Waals surface area contributed by atoms with Gasteiger partial charge in [0, 0.05) is 0 Å². The van der Waals surface area contributed by atoms with E-state index in [0.29, 0.717) is 0 Å². The van der Waals surface area contributed by atoms with E-state index in [1.807, 2.05) is 0 Å². The molecule has 20 nitrogen and oxygen atoms in total. The van der Waals surface area contributed by atoms with E-state index < -0.39 is 15.6 Å². The van der Waals surface area contributed by atoms with Crippen molar-refractivity contribution in [2.45, 2.75) is 0 Å². The third-order valence-electron chi connectivity index (χ3n) is 0. The van der Waals surface area contributed by atoms with Crippen LogP contribution in [0.25, 0.3) is 0 Å². The molecule has 0 radical (unpaired) electrons. The van der Waals surface area contributed by atoms with Gasteiger partial charge in [0.25, 0.3) is 0 Å². The molecule has 0 heterocycles. The van der Waals surface area contributed by atoms with Gasteiger partial charge < -0.3 is 112 Å². The predicted molar refractivity (Wildman–Crippen MR) is 75.5 cm³/mol. The molecule has 184 valence electrons. The van der Waals surface area contributed by atoms with Crippen molar-refractivity contribution in [1.29, 1.82) is 0 Å². The van der Waals surface area contributed by atoms with Gasteiger partial charge in [-0.05, 0) is 0 Å².